The van der Waals surface area contributed by atoms with Gasteiger partial charge in [-0.3, -0.25) is 4.79 Å². The molecule has 22 heavy (non-hydrogen) atoms. The third-order valence-electron chi connectivity index (χ3n) is 5.03. The highest BCUT2D eigenvalue weighted by molar-refractivity contribution is 5.85. The molecule has 0 radical (unpaired) electrons. The molecule has 0 aromatic heterocycles. The number of hydrogen-bond donors (Lipinski definition) is 3. The van der Waals surface area contributed by atoms with Crippen molar-refractivity contribution in [2.24, 2.45) is 5.92 Å². The Kier molecular flexibility index (Phi) is 9.25. The highest BCUT2D eigenvalue weighted by atomic mass is 35.5. The largest absolute Gasteiger partial charge is 0.392 e. The number of aliphatic hydroxyl groups is 1. The molecule has 2 fully saturated rings. The average molecular weight is 356 g/mol. The van der Waals surface area contributed by atoms with Crippen LogP contribution in [0.2, 0.25) is 0 Å². The summed E-state index contributed by atoms with van der Waals surface area (Å²) in [6.07, 6.45) is 4.95. The van der Waals surface area contributed by atoms with E-state index in [2.05, 4.69) is 36.6 Å². The van der Waals surface area contributed by atoms with Crippen LogP contribution in [0.25, 0.3) is 0 Å². The van der Waals surface area contributed by atoms with Crippen molar-refractivity contribution in [1.82, 2.24) is 15.5 Å². The van der Waals surface area contributed by atoms with Gasteiger partial charge in [0.15, 0.2) is 0 Å². The van der Waals surface area contributed by atoms with E-state index in [4.69, 9.17) is 0 Å². The molecule has 2 rings (SSSR count). The van der Waals surface area contributed by atoms with Crippen molar-refractivity contribution in [3.63, 3.8) is 0 Å². The summed E-state index contributed by atoms with van der Waals surface area (Å²) >= 11 is 0. The molecule has 1 heterocycles. The molecule has 4 unspecified atom stereocenters. The highest BCUT2D eigenvalue weighted by Gasteiger charge is 2.38. The van der Waals surface area contributed by atoms with Gasteiger partial charge < -0.3 is 20.6 Å². The molecular weight excluding hydrogens is 325 g/mol. The van der Waals surface area contributed by atoms with Crippen molar-refractivity contribution in [1.29, 1.82) is 0 Å². The third-order valence-corrected chi connectivity index (χ3v) is 5.03. The Hall–Kier alpha value is -0.0700. The fourth-order valence-electron chi connectivity index (χ4n) is 3.65. The summed E-state index contributed by atoms with van der Waals surface area (Å²) in [5.41, 5.74) is 0.0878. The number of aliphatic hydroxyl groups excluding tert-OH is 1. The first kappa shape index (κ1) is 21.9. The third kappa shape index (κ3) is 5.24. The minimum Gasteiger partial charge on any atom is -0.392 e. The quantitative estimate of drug-likeness (QED) is 0.708. The lowest BCUT2D eigenvalue weighted by Crippen LogP contribution is -2.56. The molecule has 0 aromatic carbocycles. The van der Waals surface area contributed by atoms with Crippen LogP contribution >= 0.6 is 24.8 Å². The van der Waals surface area contributed by atoms with E-state index in [0.717, 1.165) is 18.8 Å². The second kappa shape index (κ2) is 9.28. The molecule has 1 saturated carbocycles. The Morgan fingerprint density at radius 3 is 2.59 bits per heavy atom. The maximum Gasteiger partial charge on any atom is 0.237 e. The van der Waals surface area contributed by atoms with E-state index < -0.39 is 0 Å². The number of rotatable bonds is 4. The second-order valence-corrected chi connectivity index (χ2v) is 6.89. The van der Waals surface area contributed by atoms with Gasteiger partial charge in [-0.2, -0.15) is 0 Å². The van der Waals surface area contributed by atoms with Crippen LogP contribution in [0.1, 0.15) is 39.0 Å². The molecule has 0 bridgehead atoms. The van der Waals surface area contributed by atoms with Crippen LogP contribution in [-0.2, 0) is 4.79 Å². The number of carbonyl (C=O) groups is 1. The lowest BCUT2D eigenvalue weighted by atomic mass is 9.75. The molecule has 1 aliphatic carbocycles. The fourth-order valence-corrected chi connectivity index (χ4v) is 3.65. The monoisotopic (exact) mass is 355 g/mol. The minimum atomic E-state index is -0.386. The van der Waals surface area contributed by atoms with Crippen LogP contribution in [0.4, 0.5) is 0 Å². The number of halogens is 2. The van der Waals surface area contributed by atoms with E-state index in [1.807, 2.05) is 0 Å². The first-order chi connectivity index (χ1) is 9.43. The number of nitrogens with zero attached hydrogens (tertiary/aromatic N) is 1. The topological polar surface area (TPSA) is 64.6 Å². The summed E-state index contributed by atoms with van der Waals surface area (Å²) in [4.78, 5) is 14.5. The van der Waals surface area contributed by atoms with Crippen LogP contribution in [0.3, 0.4) is 0 Å². The zero-order valence-corrected chi connectivity index (χ0v) is 15.4. The number of likely N-dealkylation sites (N-methyl/N-ethyl adjacent to an activating group) is 1. The van der Waals surface area contributed by atoms with E-state index in [1.54, 1.807) is 0 Å². The standard InChI is InChI=1S/C15H29N3O2.2ClH/c1-11-5-4-6-15(8-11,18(2)3)10-17-14(20)13-7-12(19)9-16-13;;/h11-13,16,19H,4-10H2,1-3H3,(H,17,20);2*1H. The molecule has 3 N–H and O–H groups in total. The molecule has 4 atom stereocenters. The van der Waals surface area contributed by atoms with Crippen LogP contribution in [0.15, 0.2) is 0 Å². The zero-order chi connectivity index (χ0) is 14.8. The smallest absolute Gasteiger partial charge is 0.237 e. The van der Waals surface area contributed by atoms with Gasteiger partial charge in [0.1, 0.15) is 0 Å². The number of amides is 1. The predicted molar refractivity (Wildman–Crippen MR) is 94.0 cm³/mol. The Morgan fingerprint density at radius 2 is 2.09 bits per heavy atom. The number of carbonyl (C=O) groups excluding carboxylic acids is 1. The summed E-state index contributed by atoms with van der Waals surface area (Å²) in [5.74, 6) is 0.746. The van der Waals surface area contributed by atoms with Crippen molar-refractivity contribution in [3.8, 4) is 0 Å². The summed E-state index contributed by atoms with van der Waals surface area (Å²) in [6, 6.07) is -0.231. The van der Waals surface area contributed by atoms with Gasteiger partial charge in [0.05, 0.1) is 12.1 Å². The molecular formula is C15H31Cl2N3O2. The number of nitrogens with one attached hydrogen (secondary N) is 2. The Morgan fingerprint density at radius 1 is 1.41 bits per heavy atom. The van der Waals surface area contributed by atoms with Gasteiger partial charge in [-0.25, -0.2) is 0 Å². The van der Waals surface area contributed by atoms with E-state index in [-0.39, 0.29) is 48.4 Å². The maximum absolute atomic E-state index is 12.2. The zero-order valence-electron chi connectivity index (χ0n) is 13.8. The number of hydrogen-bond acceptors (Lipinski definition) is 4. The van der Waals surface area contributed by atoms with Crippen LogP contribution in [0, 0.1) is 5.92 Å². The summed E-state index contributed by atoms with van der Waals surface area (Å²) in [5, 5.41) is 15.7. The van der Waals surface area contributed by atoms with E-state index >= 15 is 0 Å². The molecule has 1 amide bonds. The van der Waals surface area contributed by atoms with Crippen LogP contribution < -0.4 is 10.6 Å². The van der Waals surface area contributed by atoms with E-state index in [0.29, 0.717) is 19.5 Å². The first-order valence-electron chi connectivity index (χ1n) is 7.79. The lowest BCUT2D eigenvalue weighted by Gasteiger charge is -2.45. The van der Waals surface area contributed by atoms with Crippen molar-refractivity contribution in [2.75, 3.05) is 27.2 Å². The lowest BCUT2D eigenvalue weighted by molar-refractivity contribution is -0.123. The number of β-amino-alcohol motifs (C(OH)–C–C–N with tert-alkyl or cyclic N) is 1. The SMILES string of the molecule is CC1CCCC(CNC(=O)C2CC(O)CN2)(N(C)C)C1.Cl.Cl. The van der Waals surface area contributed by atoms with Crippen molar-refractivity contribution >= 4 is 30.7 Å². The normalized spacial score (nSPS) is 34.7. The van der Waals surface area contributed by atoms with Gasteiger partial charge in [-0.05, 0) is 39.3 Å². The fraction of sp³-hybridized carbons (Fsp3) is 0.933. The van der Waals surface area contributed by atoms with E-state index in [1.165, 1.54) is 12.8 Å². The Labute approximate surface area is 146 Å². The van der Waals surface area contributed by atoms with E-state index in [9.17, 15) is 9.90 Å². The van der Waals surface area contributed by atoms with Gasteiger partial charge in [0.2, 0.25) is 5.91 Å². The molecule has 1 saturated heterocycles. The maximum atomic E-state index is 12.2. The van der Waals surface area contributed by atoms with Gasteiger partial charge in [-0.15, -0.1) is 24.8 Å². The molecule has 5 nitrogen and oxygen atoms in total. The highest BCUT2D eigenvalue weighted by Crippen LogP contribution is 2.35. The van der Waals surface area contributed by atoms with Gasteiger partial charge >= 0.3 is 0 Å². The summed E-state index contributed by atoms with van der Waals surface area (Å²) in [7, 11) is 4.23. The van der Waals surface area contributed by atoms with Gasteiger partial charge in [0, 0.05) is 18.6 Å². The molecule has 0 aromatic rings. The second-order valence-electron chi connectivity index (χ2n) is 6.89. The summed E-state index contributed by atoms with van der Waals surface area (Å²) < 4.78 is 0. The Balaban J connectivity index is 0.00000220. The van der Waals surface area contributed by atoms with Gasteiger partial charge in [-0.1, -0.05) is 19.8 Å². The molecule has 0 spiro atoms. The van der Waals surface area contributed by atoms with Crippen LogP contribution in [-0.4, -0.2) is 60.8 Å². The van der Waals surface area contributed by atoms with Crippen LogP contribution in [0.5, 0.6) is 0 Å². The minimum absolute atomic E-state index is 0. The average Bonchev–Trinajstić information content (AvgIpc) is 2.82. The molecule has 7 heteroatoms. The first-order valence-corrected chi connectivity index (χ1v) is 7.79. The molecule has 132 valence electrons. The van der Waals surface area contributed by atoms with Crippen molar-refractivity contribution in [2.45, 2.75) is 56.7 Å². The van der Waals surface area contributed by atoms with Crippen molar-refractivity contribution in [3.05, 3.63) is 0 Å². The van der Waals surface area contributed by atoms with Gasteiger partial charge in [0.25, 0.3) is 0 Å². The Bertz CT molecular complexity index is 358. The molecule has 2 aliphatic rings. The summed E-state index contributed by atoms with van der Waals surface area (Å²) in [6.45, 7) is 3.53. The van der Waals surface area contributed by atoms with Crippen molar-refractivity contribution < 1.29 is 9.90 Å². The predicted octanol–water partition coefficient (Wildman–Crippen LogP) is 1.18. The molecule has 1 aliphatic heterocycles.